The predicted octanol–water partition coefficient (Wildman–Crippen LogP) is 3.05. The fourth-order valence-electron chi connectivity index (χ4n) is 3.27. The van der Waals surface area contributed by atoms with Gasteiger partial charge in [0.05, 0.1) is 24.8 Å². The molecule has 184 valence electrons. The Kier molecular flexibility index (Phi) is 11.3. The highest BCUT2D eigenvalue weighted by Gasteiger charge is 2.27. The first-order chi connectivity index (χ1) is 14.5. The number of hydrogen-bond donors (Lipinski definition) is 3. The van der Waals surface area contributed by atoms with Crippen molar-refractivity contribution < 1.29 is 18.7 Å². The molecule has 2 rings (SSSR count). The van der Waals surface area contributed by atoms with Crippen molar-refractivity contribution in [1.82, 2.24) is 20.9 Å². The third kappa shape index (κ3) is 9.95. The molecule has 1 saturated heterocycles. The van der Waals surface area contributed by atoms with Crippen molar-refractivity contribution in [3.63, 3.8) is 0 Å². The van der Waals surface area contributed by atoms with Gasteiger partial charge in [-0.05, 0) is 53.7 Å². The second-order valence-electron chi connectivity index (χ2n) is 9.43. The van der Waals surface area contributed by atoms with E-state index in [9.17, 15) is 4.79 Å². The highest BCUT2D eigenvalue weighted by Crippen LogP contribution is 2.23. The molecular weight excluding hydrogens is 525 g/mol. The van der Waals surface area contributed by atoms with Crippen molar-refractivity contribution >= 4 is 36.0 Å². The van der Waals surface area contributed by atoms with Crippen LogP contribution in [0.15, 0.2) is 21.5 Å². The SMILES string of the molecule is CN=C(NCC(c1ccc(C)o1)N1CCOCC1)NCC(C)(C)NC(=O)OC(C)(C)C.I. The van der Waals surface area contributed by atoms with Crippen LogP contribution in [0.3, 0.4) is 0 Å². The number of hydrogen-bond acceptors (Lipinski definition) is 6. The molecule has 1 atom stereocenters. The summed E-state index contributed by atoms with van der Waals surface area (Å²) in [6.45, 7) is 15.6. The number of halogens is 1. The van der Waals surface area contributed by atoms with Crippen LogP contribution in [0.1, 0.15) is 52.2 Å². The minimum absolute atomic E-state index is 0. The molecule has 0 saturated carbocycles. The second kappa shape index (κ2) is 12.6. The molecule has 0 radical (unpaired) electrons. The first kappa shape index (κ1) is 28.5. The van der Waals surface area contributed by atoms with Crippen LogP contribution in [0.5, 0.6) is 0 Å². The predicted molar refractivity (Wildman–Crippen MR) is 137 cm³/mol. The van der Waals surface area contributed by atoms with Crippen LogP contribution in [0, 0.1) is 6.92 Å². The molecule has 9 nitrogen and oxygen atoms in total. The summed E-state index contributed by atoms with van der Waals surface area (Å²) in [4.78, 5) is 18.8. The third-order valence-electron chi connectivity index (χ3n) is 4.80. The Hall–Kier alpha value is -1.53. The first-order valence-corrected chi connectivity index (χ1v) is 10.8. The van der Waals surface area contributed by atoms with Crippen LogP contribution in [-0.2, 0) is 9.47 Å². The van der Waals surface area contributed by atoms with Gasteiger partial charge in [-0.3, -0.25) is 9.89 Å². The van der Waals surface area contributed by atoms with Gasteiger partial charge < -0.3 is 29.8 Å². The lowest BCUT2D eigenvalue weighted by atomic mass is 10.1. The molecule has 0 aliphatic carbocycles. The fourth-order valence-corrected chi connectivity index (χ4v) is 3.27. The van der Waals surface area contributed by atoms with Gasteiger partial charge in [0.1, 0.15) is 17.1 Å². The molecule has 1 fully saturated rings. The highest BCUT2D eigenvalue weighted by molar-refractivity contribution is 14.0. The molecule has 10 heteroatoms. The van der Waals surface area contributed by atoms with E-state index >= 15 is 0 Å². The van der Waals surface area contributed by atoms with Gasteiger partial charge >= 0.3 is 6.09 Å². The van der Waals surface area contributed by atoms with Crippen molar-refractivity contribution in [2.24, 2.45) is 4.99 Å². The summed E-state index contributed by atoms with van der Waals surface area (Å²) in [7, 11) is 1.73. The Bertz CT molecular complexity index is 739. The number of carbonyl (C=O) groups excluding carboxylic acids is 1. The number of nitrogens with zero attached hydrogens (tertiary/aromatic N) is 2. The van der Waals surface area contributed by atoms with Gasteiger partial charge in [0.2, 0.25) is 0 Å². The maximum absolute atomic E-state index is 12.1. The molecular formula is C22H40IN5O4. The van der Waals surface area contributed by atoms with E-state index in [1.165, 1.54) is 0 Å². The number of morpholine rings is 1. The van der Waals surface area contributed by atoms with Gasteiger partial charge in [0, 0.05) is 33.2 Å². The molecule has 1 aliphatic rings. The summed E-state index contributed by atoms with van der Waals surface area (Å²) >= 11 is 0. The number of carbonyl (C=O) groups is 1. The maximum atomic E-state index is 12.1. The lowest BCUT2D eigenvalue weighted by Crippen LogP contribution is -2.54. The minimum atomic E-state index is -0.538. The second-order valence-corrected chi connectivity index (χ2v) is 9.43. The van der Waals surface area contributed by atoms with E-state index in [0.29, 0.717) is 32.3 Å². The summed E-state index contributed by atoms with van der Waals surface area (Å²) in [5.74, 6) is 2.47. The smallest absolute Gasteiger partial charge is 0.408 e. The Morgan fingerprint density at radius 1 is 1.19 bits per heavy atom. The van der Waals surface area contributed by atoms with E-state index in [2.05, 4.69) is 25.8 Å². The van der Waals surface area contributed by atoms with Crippen molar-refractivity contribution in [3.05, 3.63) is 23.7 Å². The number of furan rings is 1. The zero-order valence-electron chi connectivity index (χ0n) is 20.4. The summed E-state index contributed by atoms with van der Waals surface area (Å²) in [5.41, 5.74) is -1.06. The van der Waals surface area contributed by atoms with Crippen molar-refractivity contribution in [2.45, 2.75) is 58.7 Å². The molecule has 1 aromatic rings. The van der Waals surface area contributed by atoms with E-state index in [1.54, 1.807) is 7.05 Å². The minimum Gasteiger partial charge on any atom is -0.465 e. The Labute approximate surface area is 209 Å². The molecule has 1 amide bonds. The third-order valence-corrected chi connectivity index (χ3v) is 4.80. The van der Waals surface area contributed by atoms with E-state index in [0.717, 1.165) is 24.6 Å². The molecule has 3 N–H and O–H groups in total. The maximum Gasteiger partial charge on any atom is 0.408 e. The largest absolute Gasteiger partial charge is 0.465 e. The number of alkyl carbamates (subject to hydrolysis) is 1. The van der Waals surface area contributed by atoms with Crippen LogP contribution in [0.2, 0.25) is 0 Å². The molecule has 2 heterocycles. The first-order valence-electron chi connectivity index (χ1n) is 10.8. The number of aliphatic imine (C=N–C) groups is 1. The van der Waals surface area contributed by atoms with E-state index in [-0.39, 0.29) is 30.0 Å². The van der Waals surface area contributed by atoms with Crippen molar-refractivity contribution in [1.29, 1.82) is 0 Å². The van der Waals surface area contributed by atoms with Crippen molar-refractivity contribution in [3.8, 4) is 0 Å². The monoisotopic (exact) mass is 565 g/mol. The van der Waals surface area contributed by atoms with Crippen molar-refractivity contribution in [2.75, 3.05) is 46.4 Å². The molecule has 0 aromatic carbocycles. The molecule has 1 aliphatic heterocycles. The summed E-state index contributed by atoms with van der Waals surface area (Å²) in [5, 5.41) is 9.57. The Balaban J connectivity index is 0.00000512. The number of aryl methyl sites for hydroxylation is 1. The van der Waals surface area contributed by atoms with Crippen LogP contribution < -0.4 is 16.0 Å². The van der Waals surface area contributed by atoms with Crippen LogP contribution >= 0.6 is 24.0 Å². The quantitative estimate of drug-likeness (QED) is 0.266. The zero-order chi connectivity index (χ0) is 23.1. The van der Waals surface area contributed by atoms with E-state index < -0.39 is 17.2 Å². The summed E-state index contributed by atoms with van der Waals surface area (Å²) in [6, 6.07) is 4.09. The summed E-state index contributed by atoms with van der Waals surface area (Å²) in [6.07, 6.45) is -0.442. The zero-order valence-corrected chi connectivity index (χ0v) is 22.7. The lowest BCUT2D eigenvalue weighted by Gasteiger charge is -2.34. The Morgan fingerprint density at radius 3 is 2.38 bits per heavy atom. The number of rotatable bonds is 7. The molecule has 32 heavy (non-hydrogen) atoms. The summed E-state index contributed by atoms with van der Waals surface area (Å²) < 4.78 is 16.8. The van der Waals surface area contributed by atoms with Gasteiger partial charge in [0.25, 0.3) is 0 Å². The number of ether oxygens (including phenoxy) is 2. The molecule has 0 spiro atoms. The van der Waals surface area contributed by atoms with E-state index in [1.807, 2.05) is 53.7 Å². The molecule has 0 bridgehead atoms. The Morgan fingerprint density at radius 2 is 1.84 bits per heavy atom. The van der Waals surface area contributed by atoms with Gasteiger partial charge in [-0.25, -0.2) is 4.79 Å². The lowest BCUT2D eigenvalue weighted by molar-refractivity contribution is 0.0124. The fraction of sp³-hybridized carbons (Fsp3) is 0.727. The molecule has 1 aromatic heterocycles. The highest BCUT2D eigenvalue weighted by atomic mass is 127. The van der Waals surface area contributed by atoms with Gasteiger partial charge in [-0.1, -0.05) is 0 Å². The number of nitrogens with one attached hydrogen (secondary N) is 3. The average molecular weight is 565 g/mol. The average Bonchev–Trinajstić information content (AvgIpc) is 3.09. The van der Waals surface area contributed by atoms with Crippen LogP contribution in [0.4, 0.5) is 4.79 Å². The van der Waals surface area contributed by atoms with Gasteiger partial charge in [-0.2, -0.15) is 0 Å². The van der Waals surface area contributed by atoms with Crippen LogP contribution in [0.25, 0.3) is 0 Å². The topological polar surface area (TPSA) is 100 Å². The normalized spacial score (nSPS) is 16.7. The number of guanidine groups is 1. The molecule has 1 unspecified atom stereocenters. The number of amides is 1. The van der Waals surface area contributed by atoms with Crippen LogP contribution in [-0.4, -0.2) is 74.5 Å². The standard InChI is InChI=1S/C22H39N5O4.HI/c1-16-8-9-18(30-16)17(27-10-12-29-13-11-27)14-24-19(23-7)25-15-22(5,6)26-20(28)31-21(2,3)4;/h8-9,17H,10-15H2,1-7H3,(H,26,28)(H2,23,24,25);1H. The van der Waals surface area contributed by atoms with Gasteiger partial charge in [0.15, 0.2) is 5.96 Å². The van der Waals surface area contributed by atoms with E-state index in [4.69, 9.17) is 13.9 Å². The van der Waals surface area contributed by atoms with Gasteiger partial charge in [-0.15, -0.1) is 24.0 Å².